The molecule has 1 fully saturated rings. The van der Waals surface area contributed by atoms with Crippen LogP contribution in [0.2, 0.25) is 0 Å². The number of hydrogen-bond acceptors (Lipinski definition) is 0. The number of aryl methyl sites for hydroxylation is 1. The van der Waals surface area contributed by atoms with Crippen LogP contribution < -0.4 is 9.80 Å². The summed E-state index contributed by atoms with van der Waals surface area (Å²) in [6.45, 7) is 5.56. The lowest BCUT2D eigenvalue weighted by atomic mass is 10.1. The van der Waals surface area contributed by atoms with E-state index in [0.717, 1.165) is 45.6 Å². The molecule has 1 aliphatic heterocycles. The molecule has 2 aromatic carbocycles. The lowest BCUT2D eigenvalue weighted by Crippen LogP contribution is -3.27. The highest BCUT2D eigenvalue weighted by Gasteiger charge is 2.34. The fourth-order valence-electron chi connectivity index (χ4n) is 3.79. The van der Waals surface area contributed by atoms with Crippen LogP contribution in [-0.2, 0) is 19.1 Å². The minimum absolute atomic E-state index is 0.419. The lowest BCUT2D eigenvalue weighted by Gasteiger charge is -2.30. The van der Waals surface area contributed by atoms with Crippen LogP contribution in [-0.4, -0.2) is 32.7 Å². The monoisotopic (exact) mass is 364 g/mol. The predicted octanol–water partition coefficient (Wildman–Crippen LogP) is 1.62. The van der Waals surface area contributed by atoms with Gasteiger partial charge in [0.25, 0.3) is 0 Å². The molecule has 1 saturated heterocycles. The molecule has 1 aliphatic rings. The molecule has 2 N–H and O–H groups in total. The molecular formula is C21H27F3N2+2. The first-order valence-corrected chi connectivity index (χ1v) is 9.38. The van der Waals surface area contributed by atoms with Crippen LogP contribution in [0.4, 0.5) is 13.2 Å². The van der Waals surface area contributed by atoms with Crippen molar-refractivity contribution in [2.75, 3.05) is 32.7 Å². The Balaban J connectivity index is 1.44. The molecule has 3 rings (SSSR count). The Morgan fingerprint density at radius 2 is 1.38 bits per heavy atom. The van der Waals surface area contributed by atoms with Gasteiger partial charge < -0.3 is 9.80 Å². The molecule has 0 aliphatic carbocycles. The summed E-state index contributed by atoms with van der Waals surface area (Å²) in [7, 11) is 0. The second-order valence-electron chi connectivity index (χ2n) is 7.17. The molecule has 2 nitrogen and oxygen atoms in total. The van der Waals surface area contributed by atoms with Gasteiger partial charge in [-0.15, -0.1) is 0 Å². The van der Waals surface area contributed by atoms with E-state index < -0.39 is 11.7 Å². The van der Waals surface area contributed by atoms with E-state index in [4.69, 9.17) is 0 Å². The van der Waals surface area contributed by atoms with Gasteiger partial charge in [-0.1, -0.05) is 48.5 Å². The van der Waals surface area contributed by atoms with Crippen molar-refractivity contribution in [3.63, 3.8) is 0 Å². The zero-order valence-electron chi connectivity index (χ0n) is 15.0. The molecule has 0 bridgehead atoms. The van der Waals surface area contributed by atoms with Crippen molar-refractivity contribution in [2.45, 2.75) is 25.6 Å². The average Bonchev–Trinajstić information content (AvgIpc) is 2.64. The van der Waals surface area contributed by atoms with E-state index >= 15 is 0 Å². The van der Waals surface area contributed by atoms with E-state index in [2.05, 4.69) is 24.3 Å². The van der Waals surface area contributed by atoms with Crippen molar-refractivity contribution in [1.29, 1.82) is 0 Å². The van der Waals surface area contributed by atoms with E-state index in [1.807, 2.05) is 6.07 Å². The highest BCUT2D eigenvalue weighted by atomic mass is 19.4. The Kier molecular flexibility index (Phi) is 6.33. The maximum absolute atomic E-state index is 13.1. The third-order valence-electron chi connectivity index (χ3n) is 5.27. The SMILES string of the molecule is FC(F)(F)c1ccccc1C[NH+]1CC[NH+](CCCc2ccccc2)CC1. The van der Waals surface area contributed by atoms with Crippen LogP contribution in [0.25, 0.3) is 0 Å². The van der Waals surface area contributed by atoms with Crippen LogP contribution in [0.1, 0.15) is 23.1 Å². The topological polar surface area (TPSA) is 8.88 Å². The summed E-state index contributed by atoms with van der Waals surface area (Å²) in [5.41, 5.74) is 1.31. The molecule has 0 amide bonds. The van der Waals surface area contributed by atoms with Crippen LogP contribution in [0.15, 0.2) is 54.6 Å². The first-order chi connectivity index (χ1) is 12.5. The Bertz CT molecular complexity index is 677. The van der Waals surface area contributed by atoms with Gasteiger partial charge in [-0.2, -0.15) is 13.2 Å². The van der Waals surface area contributed by atoms with Crippen molar-refractivity contribution in [2.24, 2.45) is 0 Å². The standard InChI is InChI=1S/C21H25F3N2/c22-21(23,24)20-11-5-4-10-19(20)17-26-15-13-25(14-16-26)12-6-9-18-7-2-1-3-8-18/h1-5,7-8,10-11H,6,9,12-17H2/p+2. The predicted molar refractivity (Wildman–Crippen MR) is 96.2 cm³/mol. The average molecular weight is 364 g/mol. The summed E-state index contributed by atoms with van der Waals surface area (Å²) in [5, 5.41) is 0. The molecule has 5 heteroatoms. The summed E-state index contributed by atoms with van der Waals surface area (Å²) in [5.74, 6) is 0. The maximum Gasteiger partial charge on any atom is 0.416 e. The number of halogens is 3. The highest BCUT2D eigenvalue weighted by Crippen LogP contribution is 2.31. The van der Waals surface area contributed by atoms with Gasteiger partial charge in [-0.05, 0) is 18.1 Å². The minimum Gasteiger partial charge on any atom is -0.326 e. The van der Waals surface area contributed by atoms with Crippen LogP contribution in [0, 0.1) is 0 Å². The largest absolute Gasteiger partial charge is 0.416 e. The van der Waals surface area contributed by atoms with Gasteiger partial charge in [-0.3, -0.25) is 0 Å². The number of alkyl halides is 3. The van der Waals surface area contributed by atoms with E-state index in [0.29, 0.717) is 12.1 Å². The molecule has 0 atom stereocenters. The Hall–Kier alpha value is -1.85. The quantitative estimate of drug-likeness (QED) is 0.771. The molecule has 2 aromatic rings. The van der Waals surface area contributed by atoms with Gasteiger partial charge in [0.15, 0.2) is 0 Å². The summed E-state index contributed by atoms with van der Waals surface area (Å²) < 4.78 is 39.4. The normalized spacial score (nSPS) is 20.9. The van der Waals surface area contributed by atoms with Crippen molar-refractivity contribution in [3.8, 4) is 0 Å². The van der Waals surface area contributed by atoms with Crippen LogP contribution >= 0.6 is 0 Å². The molecule has 1 heterocycles. The van der Waals surface area contributed by atoms with E-state index in [1.165, 1.54) is 22.6 Å². The molecular weight excluding hydrogens is 337 g/mol. The second-order valence-corrected chi connectivity index (χ2v) is 7.17. The summed E-state index contributed by atoms with van der Waals surface area (Å²) in [4.78, 5) is 2.84. The molecule has 26 heavy (non-hydrogen) atoms. The smallest absolute Gasteiger partial charge is 0.326 e. The maximum atomic E-state index is 13.1. The van der Waals surface area contributed by atoms with Crippen LogP contribution in [0.3, 0.4) is 0 Å². The Morgan fingerprint density at radius 3 is 2.08 bits per heavy atom. The number of benzene rings is 2. The van der Waals surface area contributed by atoms with Crippen LogP contribution in [0.5, 0.6) is 0 Å². The van der Waals surface area contributed by atoms with Gasteiger partial charge in [0.1, 0.15) is 32.7 Å². The second kappa shape index (κ2) is 8.69. The van der Waals surface area contributed by atoms with Gasteiger partial charge >= 0.3 is 6.18 Å². The van der Waals surface area contributed by atoms with E-state index in [-0.39, 0.29) is 0 Å². The first-order valence-electron chi connectivity index (χ1n) is 9.38. The molecule has 0 saturated carbocycles. The highest BCUT2D eigenvalue weighted by molar-refractivity contribution is 5.28. The third kappa shape index (κ3) is 5.32. The van der Waals surface area contributed by atoms with Crippen molar-refractivity contribution >= 4 is 0 Å². The minimum atomic E-state index is -4.26. The molecule has 0 radical (unpaired) electrons. The van der Waals surface area contributed by atoms with Crippen molar-refractivity contribution in [1.82, 2.24) is 0 Å². The fraction of sp³-hybridized carbons (Fsp3) is 0.429. The van der Waals surface area contributed by atoms with Crippen molar-refractivity contribution in [3.05, 3.63) is 71.3 Å². The van der Waals surface area contributed by atoms with E-state index in [1.54, 1.807) is 17.0 Å². The van der Waals surface area contributed by atoms with Gasteiger partial charge in [0.2, 0.25) is 0 Å². The Morgan fingerprint density at radius 1 is 0.769 bits per heavy atom. The molecule has 140 valence electrons. The number of piperazine rings is 1. The van der Waals surface area contributed by atoms with Gasteiger partial charge in [-0.25, -0.2) is 0 Å². The Labute approximate surface area is 153 Å². The van der Waals surface area contributed by atoms with E-state index in [9.17, 15) is 13.2 Å². The van der Waals surface area contributed by atoms with Crippen molar-refractivity contribution < 1.29 is 23.0 Å². The van der Waals surface area contributed by atoms with Gasteiger partial charge in [0, 0.05) is 12.0 Å². The first kappa shape index (κ1) is 18.9. The zero-order chi connectivity index (χ0) is 18.4. The summed E-state index contributed by atoms with van der Waals surface area (Å²) in [6, 6.07) is 16.5. The number of quaternary nitrogens is 2. The number of rotatable bonds is 6. The molecule has 0 unspecified atom stereocenters. The number of nitrogens with one attached hydrogen (secondary N) is 2. The fourth-order valence-corrected chi connectivity index (χ4v) is 3.79. The molecule has 0 aromatic heterocycles. The summed E-state index contributed by atoms with van der Waals surface area (Å²) >= 11 is 0. The van der Waals surface area contributed by atoms with Gasteiger partial charge in [0.05, 0.1) is 12.1 Å². The molecule has 0 spiro atoms. The number of hydrogen-bond donors (Lipinski definition) is 2. The zero-order valence-corrected chi connectivity index (χ0v) is 15.0. The summed E-state index contributed by atoms with van der Waals surface area (Å²) in [6.07, 6.45) is -2.01. The lowest BCUT2D eigenvalue weighted by molar-refractivity contribution is -1.02. The third-order valence-corrected chi connectivity index (χ3v) is 5.27.